The highest BCUT2D eigenvalue weighted by Crippen LogP contribution is 2.31. The van der Waals surface area contributed by atoms with Crippen LogP contribution in [0.5, 0.6) is 0 Å². The second-order valence-electron chi connectivity index (χ2n) is 3.17. The van der Waals surface area contributed by atoms with Gasteiger partial charge in [0.05, 0.1) is 6.54 Å². The number of amides is 2. The van der Waals surface area contributed by atoms with Gasteiger partial charge in [-0.15, -0.1) is 0 Å². The molecule has 2 aliphatic heterocycles. The highest BCUT2D eigenvalue weighted by molar-refractivity contribution is 5.76. The van der Waals surface area contributed by atoms with Crippen LogP contribution in [0.25, 0.3) is 0 Å². The van der Waals surface area contributed by atoms with Gasteiger partial charge in [0.15, 0.2) is 6.23 Å². The van der Waals surface area contributed by atoms with E-state index in [0.717, 1.165) is 19.6 Å². The Morgan fingerprint density at radius 2 is 2.25 bits per heavy atom. The molecule has 4 heteroatoms. The second kappa shape index (κ2) is 2.62. The van der Waals surface area contributed by atoms with E-state index in [-0.39, 0.29) is 18.4 Å². The summed E-state index contributed by atoms with van der Waals surface area (Å²) >= 11 is 0. The zero-order chi connectivity index (χ0) is 8.72. The van der Waals surface area contributed by atoms with Crippen LogP contribution in [0.15, 0.2) is 0 Å². The number of nitrogens with zero attached hydrogens (tertiary/aromatic N) is 2. The van der Waals surface area contributed by atoms with Crippen LogP contribution in [0.3, 0.4) is 0 Å². The quantitative estimate of drug-likeness (QED) is 0.565. The number of hydrogen-bond acceptors (Lipinski definition) is 2. The lowest BCUT2D eigenvalue weighted by Gasteiger charge is -2.31. The van der Waals surface area contributed by atoms with E-state index in [1.54, 1.807) is 4.90 Å². The SMILES string of the molecule is CCN1CC2OC2N(CC)C1=O. The van der Waals surface area contributed by atoms with Crippen molar-refractivity contribution in [2.75, 3.05) is 19.6 Å². The Labute approximate surface area is 72.1 Å². The van der Waals surface area contributed by atoms with Crippen molar-refractivity contribution in [2.45, 2.75) is 26.2 Å². The molecule has 0 aromatic carbocycles. The van der Waals surface area contributed by atoms with Gasteiger partial charge in [-0.2, -0.15) is 0 Å². The molecule has 0 radical (unpaired) electrons. The highest BCUT2D eigenvalue weighted by atomic mass is 16.6. The molecule has 2 aliphatic rings. The number of fused-ring (bicyclic) bond motifs is 1. The van der Waals surface area contributed by atoms with Crippen LogP contribution < -0.4 is 0 Å². The number of epoxide rings is 1. The van der Waals surface area contributed by atoms with Crippen LogP contribution in [0.1, 0.15) is 13.8 Å². The van der Waals surface area contributed by atoms with Gasteiger partial charge in [0.25, 0.3) is 0 Å². The minimum Gasteiger partial charge on any atom is -0.346 e. The molecule has 2 heterocycles. The number of urea groups is 1. The van der Waals surface area contributed by atoms with Gasteiger partial charge in [0, 0.05) is 13.1 Å². The Bertz CT molecular complexity index is 207. The van der Waals surface area contributed by atoms with Crippen molar-refractivity contribution in [1.82, 2.24) is 9.80 Å². The Morgan fingerprint density at radius 1 is 1.50 bits per heavy atom. The first-order valence-corrected chi connectivity index (χ1v) is 4.49. The Morgan fingerprint density at radius 3 is 2.83 bits per heavy atom. The summed E-state index contributed by atoms with van der Waals surface area (Å²) < 4.78 is 5.35. The van der Waals surface area contributed by atoms with Crippen LogP contribution in [-0.4, -0.2) is 47.8 Å². The molecule has 12 heavy (non-hydrogen) atoms. The third kappa shape index (κ3) is 0.982. The van der Waals surface area contributed by atoms with Crippen molar-refractivity contribution < 1.29 is 9.53 Å². The molecule has 2 unspecified atom stereocenters. The minimum absolute atomic E-state index is 0.0882. The number of carbonyl (C=O) groups excluding carboxylic acids is 1. The van der Waals surface area contributed by atoms with Crippen LogP contribution in [0.2, 0.25) is 0 Å². The smallest absolute Gasteiger partial charge is 0.322 e. The van der Waals surface area contributed by atoms with Gasteiger partial charge in [0.1, 0.15) is 6.10 Å². The summed E-state index contributed by atoms with van der Waals surface area (Å²) in [6, 6.07) is 0.124. The first kappa shape index (κ1) is 7.86. The van der Waals surface area contributed by atoms with E-state index < -0.39 is 0 Å². The number of ether oxygens (including phenoxy) is 1. The topological polar surface area (TPSA) is 36.1 Å². The zero-order valence-electron chi connectivity index (χ0n) is 7.49. The third-order valence-electron chi connectivity index (χ3n) is 2.50. The largest absolute Gasteiger partial charge is 0.346 e. The van der Waals surface area contributed by atoms with E-state index in [0.29, 0.717) is 0 Å². The van der Waals surface area contributed by atoms with Gasteiger partial charge in [-0.1, -0.05) is 0 Å². The molecule has 0 bridgehead atoms. The van der Waals surface area contributed by atoms with Gasteiger partial charge in [-0.05, 0) is 13.8 Å². The zero-order valence-corrected chi connectivity index (χ0v) is 7.49. The molecular weight excluding hydrogens is 156 g/mol. The number of hydrogen-bond donors (Lipinski definition) is 0. The molecule has 0 N–H and O–H groups in total. The molecule has 0 aromatic heterocycles. The molecule has 2 saturated heterocycles. The Hall–Kier alpha value is -0.770. The van der Waals surface area contributed by atoms with Crippen molar-refractivity contribution in [2.24, 2.45) is 0 Å². The van der Waals surface area contributed by atoms with E-state index in [1.807, 2.05) is 18.7 Å². The lowest BCUT2D eigenvalue weighted by atomic mass is 10.3. The van der Waals surface area contributed by atoms with Gasteiger partial charge >= 0.3 is 6.03 Å². The molecule has 0 aliphatic carbocycles. The summed E-state index contributed by atoms with van der Waals surface area (Å²) in [7, 11) is 0. The maximum atomic E-state index is 11.6. The molecule has 2 rings (SSSR count). The first-order valence-electron chi connectivity index (χ1n) is 4.49. The Kier molecular flexibility index (Phi) is 1.72. The van der Waals surface area contributed by atoms with Gasteiger partial charge < -0.3 is 9.64 Å². The number of likely N-dealkylation sites (N-methyl/N-ethyl adjacent to an activating group) is 2. The van der Waals surface area contributed by atoms with Crippen molar-refractivity contribution in [1.29, 1.82) is 0 Å². The summed E-state index contributed by atoms with van der Waals surface area (Å²) in [5.41, 5.74) is 0. The van der Waals surface area contributed by atoms with E-state index in [2.05, 4.69) is 0 Å². The first-order chi connectivity index (χ1) is 5.77. The van der Waals surface area contributed by atoms with Gasteiger partial charge in [0.2, 0.25) is 0 Å². The van der Waals surface area contributed by atoms with Crippen LogP contribution >= 0.6 is 0 Å². The van der Waals surface area contributed by atoms with E-state index in [9.17, 15) is 4.79 Å². The van der Waals surface area contributed by atoms with E-state index in [4.69, 9.17) is 4.74 Å². The minimum atomic E-state index is 0.0882. The number of carbonyl (C=O) groups is 1. The summed E-state index contributed by atoms with van der Waals surface area (Å²) in [5, 5.41) is 0. The van der Waals surface area contributed by atoms with Gasteiger partial charge in [-0.3, -0.25) is 4.90 Å². The summed E-state index contributed by atoms with van der Waals surface area (Å²) in [4.78, 5) is 15.2. The fourth-order valence-corrected chi connectivity index (χ4v) is 1.71. The maximum absolute atomic E-state index is 11.6. The monoisotopic (exact) mass is 170 g/mol. The summed E-state index contributed by atoms with van der Waals surface area (Å²) in [6.45, 7) is 6.28. The maximum Gasteiger partial charge on any atom is 0.322 e. The molecule has 0 saturated carbocycles. The molecule has 2 amide bonds. The fourth-order valence-electron chi connectivity index (χ4n) is 1.71. The molecule has 2 atom stereocenters. The van der Waals surface area contributed by atoms with Crippen LogP contribution in [0, 0.1) is 0 Å². The average Bonchev–Trinajstić information content (AvgIpc) is 2.82. The third-order valence-corrected chi connectivity index (χ3v) is 2.50. The lowest BCUT2D eigenvalue weighted by molar-refractivity contribution is 0.132. The second-order valence-corrected chi connectivity index (χ2v) is 3.17. The number of rotatable bonds is 2. The molecule has 4 nitrogen and oxygen atoms in total. The van der Waals surface area contributed by atoms with Crippen molar-refractivity contribution in [3.05, 3.63) is 0 Å². The van der Waals surface area contributed by atoms with E-state index >= 15 is 0 Å². The van der Waals surface area contributed by atoms with Gasteiger partial charge in [-0.25, -0.2) is 4.79 Å². The predicted molar refractivity (Wildman–Crippen MR) is 43.7 cm³/mol. The fraction of sp³-hybridized carbons (Fsp3) is 0.875. The summed E-state index contributed by atoms with van der Waals surface area (Å²) in [6.07, 6.45) is 0.368. The molecule has 2 fully saturated rings. The summed E-state index contributed by atoms with van der Waals surface area (Å²) in [5.74, 6) is 0. The Balaban J connectivity index is 2.09. The highest BCUT2D eigenvalue weighted by Gasteiger charge is 2.51. The lowest BCUT2D eigenvalue weighted by Crippen LogP contribution is -2.51. The van der Waals surface area contributed by atoms with E-state index in [1.165, 1.54) is 0 Å². The van der Waals surface area contributed by atoms with Crippen LogP contribution in [-0.2, 0) is 4.74 Å². The normalized spacial score (nSPS) is 33.7. The van der Waals surface area contributed by atoms with Crippen molar-refractivity contribution in [3.8, 4) is 0 Å². The van der Waals surface area contributed by atoms with Crippen molar-refractivity contribution in [3.63, 3.8) is 0 Å². The average molecular weight is 170 g/mol. The van der Waals surface area contributed by atoms with Crippen molar-refractivity contribution >= 4 is 6.03 Å². The molecule has 68 valence electrons. The molecular formula is C8H14N2O2. The molecule has 0 aromatic rings. The molecule has 0 spiro atoms. The standard InChI is InChI=1S/C8H14N2O2/c1-3-9-5-6-7(12-6)10(4-2)8(9)11/h6-7H,3-5H2,1-2H3. The van der Waals surface area contributed by atoms with Crippen LogP contribution in [0.4, 0.5) is 4.79 Å². The predicted octanol–water partition coefficient (Wildman–Crippen LogP) is 0.489.